The van der Waals surface area contributed by atoms with Crippen LogP contribution < -0.4 is 14.8 Å². The number of benzene rings is 2. The minimum atomic E-state index is -0.248. The Morgan fingerprint density at radius 1 is 1.18 bits per heavy atom. The molecule has 3 aliphatic rings. The standard InChI is InChI=1S/C22H23FN2O3/c23-16-8-9-18(17(11-16)14-6-7-14)24-22(26)19-4-2-10-25(19)12-15-3-1-5-20-21(15)28-13-27-20/h1,3,5,8-9,11,14,19H,2,4,6-7,10,12-13H2,(H,24,26)/t19-/m1/s1. The lowest BCUT2D eigenvalue weighted by Gasteiger charge is -2.24. The van der Waals surface area contributed by atoms with E-state index in [1.165, 1.54) is 6.07 Å². The second kappa shape index (κ2) is 7.09. The van der Waals surface area contributed by atoms with E-state index in [9.17, 15) is 9.18 Å². The van der Waals surface area contributed by atoms with Crippen LogP contribution in [-0.2, 0) is 11.3 Å². The average molecular weight is 382 g/mol. The Balaban J connectivity index is 1.32. The molecule has 1 saturated heterocycles. The first-order valence-electron chi connectivity index (χ1n) is 9.91. The van der Waals surface area contributed by atoms with Crippen molar-refractivity contribution in [1.82, 2.24) is 4.90 Å². The first-order valence-corrected chi connectivity index (χ1v) is 9.91. The van der Waals surface area contributed by atoms with E-state index in [4.69, 9.17) is 9.47 Å². The summed E-state index contributed by atoms with van der Waals surface area (Å²) in [6.45, 7) is 1.75. The lowest BCUT2D eigenvalue weighted by atomic mass is 10.1. The number of rotatable bonds is 5. The van der Waals surface area contributed by atoms with Gasteiger partial charge in [-0.2, -0.15) is 0 Å². The van der Waals surface area contributed by atoms with Crippen molar-refractivity contribution >= 4 is 11.6 Å². The lowest BCUT2D eigenvalue weighted by molar-refractivity contribution is -0.120. The fourth-order valence-electron chi connectivity index (χ4n) is 4.24. The number of nitrogens with one attached hydrogen (secondary N) is 1. The smallest absolute Gasteiger partial charge is 0.241 e. The summed E-state index contributed by atoms with van der Waals surface area (Å²) in [6.07, 6.45) is 3.91. The fourth-order valence-corrected chi connectivity index (χ4v) is 4.24. The normalized spacial score (nSPS) is 21.1. The Kier molecular flexibility index (Phi) is 4.43. The van der Waals surface area contributed by atoms with Crippen molar-refractivity contribution in [3.05, 3.63) is 53.3 Å². The number of carbonyl (C=O) groups is 1. The molecule has 0 unspecified atom stereocenters. The van der Waals surface area contributed by atoms with Gasteiger partial charge in [0.15, 0.2) is 11.5 Å². The number of hydrogen-bond donors (Lipinski definition) is 1. The molecule has 2 aromatic rings. The number of halogens is 1. The molecule has 2 heterocycles. The Hall–Kier alpha value is -2.60. The molecule has 146 valence electrons. The van der Waals surface area contributed by atoms with Crippen LogP contribution in [0.1, 0.15) is 42.7 Å². The van der Waals surface area contributed by atoms with Gasteiger partial charge in [-0.3, -0.25) is 9.69 Å². The Labute approximate surface area is 163 Å². The number of carbonyl (C=O) groups excluding carboxylic acids is 1. The fraction of sp³-hybridized carbons (Fsp3) is 0.409. The number of likely N-dealkylation sites (tertiary alicyclic amines) is 1. The second-order valence-corrected chi connectivity index (χ2v) is 7.77. The second-order valence-electron chi connectivity index (χ2n) is 7.77. The molecule has 0 spiro atoms. The molecule has 2 aliphatic heterocycles. The SMILES string of the molecule is O=C(Nc1ccc(F)cc1C1CC1)[C@H]1CCCN1Cc1cccc2c1OCO2. The summed E-state index contributed by atoms with van der Waals surface area (Å²) in [6, 6.07) is 10.3. The highest BCUT2D eigenvalue weighted by molar-refractivity contribution is 5.95. The molecule has 5 rings (SSSR count). The summed E-state index contributed by atoms with van der Waals surface area (Å²) in [5.41, 5.74) is 2.71. The molecule has 2 aromatic carbocycles. The van der Waals surface area contributed by atoms with Gasteiger partial charge in [0.25, 0.3) is 0 Å². The van der Waals surface area contributed by atoms with Gasteiger partial charge in [0.2, 0.25) is 12.7 Å². The van der Waals surface area contributed by atoms with Gasteiger partial charge in [-0.05, 0) is 68.0 Å². The van der Waals surface area contributed by atoms with Crippen molar-refractivity contribution in [2.24, 2.45) is 0 Å². The Morgan fingerprint density at radius 3 is 2.93 bits per heavy atom. The molecule has 1 atom stereocenters. The zero-order chi connectivity index (χ0) is 19.1. The number of hydrogen-bond acceptors (Lipinski definition) is 4. The molecule has 1 saturated carbocycles. The van der Waals surface area contributed by atoms with Crippen molar-refractivity contribution in [1.29, 1.82) is 0 Å². The molecule has 0 bridgehead atoms. The van der Waals surface area contributed by atoms with Crippen LogP contribution in [0.5, 0.6) is 11.5 Å². The monoisotopic (exact) mass is 382 g/mol. The van der Waals surface area contributed by atoms with E-state index in [0.717, 1.165) is 60.5 Å². The van der Waals surface area contributed by atoms with Crippen LogP contribution in [0.4, 0.5) is 10.1 Å². The Bertz CT molecular complexity index is 913. The third-order valence-corrected chi connectivity index (χ3v) is 5.81. The van der Waals surface area contributed by atoms with Crippen molar-refractivity contribution < 1.29 is 18.7 Å². The maximum absolute atomic E-state index is 13.6. The highest BCUT2D eigenvalue weighted by Crippen LogP contribution is 2.44. The summed E-state index contributed by atoms with van der Waals surface area (Å²) in [7, 11) is 0. The highest BCUT2D eigenvalue weighted by Gasteiger charge is 2.33. The van der Waals surface area contributed by atoms with Crippen LogP contribution in [-0.4, -0.2) is 30.2 Å². The van der Waals surface area contributed by atoms with Crippen molar-refractivity contribution in [3.8, 4) is 11.5 Å². The van der Waals surface area contributed by atoms with E-state index in [0.29, 0.717) is 12.5 Å². The average Bonchev–Trinajstić information content (AvgIpc) is 3.23. The van der Waals surface area contributed by atoms with Crippen LogP contribution in [0.2, 0.25) is 0 Å². The zero-order valence-electron chi connectivity index (χ0n) is 15.6. The van der Waals surface area contributed by atoms with Gasteiger partial charge < -0.3 is 14.8 Å². The number of anilines is 1. The van der Waals surface area contributed by atoms with Gasteiger partial charge in [-0.15, -0.1) is 0 Å². The molecule has 1 N–H and O–H groups in total. The number of amides is 1. The largest absolute Gasteiger partial charge is 0.454 e. The van der Waals surface area contributed by atoms with Crippen LogP contribution >= 0.6 is 0 Å². The predicted octanol–water partition coefficient (Wildman–Crippen LogP) is 4.03. The summed E-state index contributed by atoms with van der Waals surface area (Å²) < 4.78 is 24.7. The molecular formula is C22H23FN2O3. The molecule has 5 nitrogen and oxygen atoms in total. The molecular weight excluding hydrogens is 359 g/mol. The van der Waals surface area contributed by atoms with Gasteiger partial charge in [0.05, 0.1) is 6.04 Å². The van der Waals surface area contributed by atoms with E-state index in [1.54, 1.807) is 12.1 Å². The van der Waals surface area contributed by atoms with Crippen molar-refractivity contribution in [3.63, 3.8) is 0 Å². The molecule has 6 heteroatoms. The van der Waals surface area contributed by atoms with Crippen molar-refractivity contribution in [2.45, 2.75) is 44.2 Å². The van der Waals surface area contributed by atoms with Crippen LogP contribution in [0.25, 0.3) is 0 Å². The third-order valence-electron chi connectivity index (χ3n) is 5.81. The maximum atomic E-state index is 13.6. The van der Waals surface area contributed by atoms with E-state index in [2.05, 4.69) is 10.2 Å². The van der Waals surface area contributed by atoms with Gasteiger partial charge in [-0.25, -0.2) is 4.39 Å². The van der Waals surface area contributed by atoms with Gasteiger partial charge in [0.1, 0.15) is 5.82 Å². The number of ether oxygens (including phenoxy) is 2. The quantitative estimate of drug-likeness (QED) is 0.848. The minimum absolute atomic E-state index is 0.0178. The van der Waals surface area contributed by atoms with Gasteiger partial charge >= 0.3 is 0 Å². The summed E-state index contributed by atoms with van der Waals surface area (Å²) in [5, 5.41) is 3.07. The molecule has 1 amide bonds. The van der Waals surface area contributed by atoms with E-state index in [-0.39, 0.29) is 24.6 Å². The highest BCUT2D eigenvalue weighted by atomic mass is 19.1. The first-order chi connectivity index (χ1) is 13.7. The summed E-state index contributed by atoms with van der Waals surface area (Å²) in [5.74, 6) is 1.65. The van der Waals surface area contributed by atoms with Gasteiger partial charge in [-0.1, -0.05) is 12.1 Å². The van der Waals surface area contributed by atoms with E-state index in [1.807, 2.05) is 18.2 Å². The lowest BCUT2D eigenvalue weighted by Crippen LogP contribution is -2.39. The van der Waals surface area contributed by atoms with Crippen LogP contribution in [0.15, 0.2) is 36.4 Å². The van der Waals surface area contributed by atoms with E-state index < -0.39 is 0 Å². The van der Waals surface area contributed by atoms with Crippen LogP contribution in [0, 0.1) is 5.82 Å². The molecule has 28 heavy (non-hydrogen) atoms. The Morgan fingerprint density at radius 2 is 2.07 bits per heavy atom. The van der Waals surface area contributed by atoms with Crippen LogP contribution in [0.3, 0.4) is 0 Å². The molecule has 1 aliphatic carbocycles. The summed E-state index contributed by atoms with van der Waals surface area (Å²) >= 11 is 0. The minimum Gasteiger partial charge on any atom is -0.454 e. The number of para-hydroxylation sites is 1. The first kappa shape index (κ1) is 17.5. The van der Waals surface area contributed by atoms with Crippen molar-refractivity contribution in [2.75, 3.05) is 18.7 Å². The predicted molar refractivity (Wildman–Crippen MR) is 103 cm³/mol. The maximum Gasteiger partial charge on any atom is 0.241 e. The number of nitrogens with zero attached hydrogens (tertiary/aromatic N) is 1. The molecule has 2 fully saturated rings. The topological polar surface area (TPSA) is 50.8 Å². The molecule has 0 radical (unpaired) electrons. The van der Waals surface area contributed by atoms with E-state index >= 15 is 0 Å². The third kappa shape index (κ3) is 3.33. The number of fused-ring (bicyclic) bond motifs is 1. The molecule has 0 aromatic heterocycles. The summed E-state index contributed by atoms with van der Waals surface area (Å²) in [4.78, 5) is 15.2. The van der Waals surface area contributed by atoms with Gasteiger partial charge in [0, 0.05) is 17.8 Å². The zero-order valence-corrected chi connectivity index (χ0v) is 15.6.